The standard InChI is InChI=1S/C20H21N3O3S2/c1-14(2)23(3)28(25,26)18-6-4-5-16(13-18)19(24)22-17-9-7-15(8-10-17)20-21-11-12-27-20/h4-14H,1-3H3,(H,22,24). The Labute approximate surface area is 168 Å². The first-order valence-electron chi connectivity index (χ1n) is 8.68. The van der Waals surface area contributed by atoms with Gasteiger partial charge in [-0.2, -0.15) is 4.31 Å². The van der Waals surface area contributed by atoms with Crippen LogP contribution < -0.4 is 5.32 Å². The van der Waals surface area contributed by atoms with Gasteiger partial charge in [0.15, 0.2) is 0 Å². The Bertz CT molecular complexity index is 1060. The summed E-state index contributed by atoms with van der Waals surface area (Å²) in [4.78, 5) is 16.9. The molecule has 3 rings (SSSR count). The molecule has 0 spiro atoms. The molecule has 28 heavy (non-hydrogen) atoms. The second-order valence-corrected chi connectivity index (χ2v) is 9.40. The molecule has 0 aliphatic carbocycles. The van der Waals surface area contributed by atoms with E-state index >= 15 is 0 Å². The molecule has 0 saturated heterocycles. The Morgan fingerprint density at radius 1 is 1.14 bits per heavy atom. The van der Waals surface area contributed by atoms with E-state index in [1.807, 2.05) is 17.5 Å². The van der Waals surface area contributed by atoms with E-state index in [2.05, 4.69) is 10.3 Å². The van der Waals surface area contributed by atoms with Crippen molar-refractivity contribution in [3.8, 4) is 10.6 Å². The third-order valence-electron chi connectivity index (χ3n) is 4.32. The van der Waals surface area contributed by atoms with Crippen molar-refractivity contribution in [1.29, 1.82) is 0 Å². The number of hydrogen-bond acceptors (Lipinski definition) is 5. The summed E-state index contributed by atoms with van der Waals surface area (Å²) in [7, 11) is -2.13. The third-order valence-corrected chi connectivity index (χ3v) is 7.17. The summed E-state index contributed by atoms with van der Waals surface area (Å²) in [6, 6.07) is 13.2. The second-order valence-electron chi connectivity index (χ2n) is 6.51. The molecule has 0 unspecified atom stereocenters. The van der Waals surface area contributed by atoms with Crippen molar-refractivity contribution in [3.05, 3.63) is 65.7 Å². The number of anilines is 1. The van der Waals surface area contributed by atoms with Gasteiger partial charge in [-0.1, -0.05) is 6.07 Å². The summed E-state index contributed by atoms with van der Waals surface area (Å²) < 4.78 is 26.6. The van der Waals surface area contributed by atoms with Gasteiger partial charge < -0.3 is 5.32 Å². The SMILES string of the molecule is CC(C)N(C)S(=O)(=O)c1cccc(C(=O)Nc2ccc(-c3nccs3)cc2)c1. The molecule has 6 nitrogen and oxygen atoms in total. The van der Waals surface area contributed by atoms with E-state index in [1.54, 1.807) is 55.6 Å². The largest absolute Gasteiger partial charge is 0.322 e. The minimum Gasteiger partial charge on any atom is -0.322 e. The summed E-state index contributed by atoms with van der Waals surface area (Å²) in [6.07, 6.45) is 1.74. The molecular formula is C20H21N3O3S2. The highest BCUT2D eigenvalue weighted by Crippen LogP contribution is 2.24. The van der Waals surface area contributed by atoms with Crippen molar-refractivity contribution in [3.63, 3.8) is 0 Å². The summed E-state index contributed by atoms with van der Waals surface area (Å²) in [6.45, 7) is 3.59. The maximum atomic E-state index is 12.6. The molecule has 0 bridgehead atoms. The van der Waals surface area contributed by atoms with Crippen LogP contribution in [0.2, 0.25) is 0 Å². The Kier molecular flexibility index (Phi) is 5.93. The molecule has 8 heteroatoms. The maximum absolute atomic E-state index is 12.6. The average molecular weight is 416 g/mol. The van der Waals surface area contributed by atoms with Crippen molar-refractivity contribution in [1.82, 2.24) is 9.29 Å². The van der Waals surface area contributed by atoms with Crippen molar-refractivity contribution >= 4 is 33.0 Å². The van der Waals surface area contributed by atoms with Crippen LogP contribution in [0.3, 0.4) is 0 Å². The van der Waals surface area contributed by atoms with Gasteiger partial charge in [0.1, 0.15) is 5.01 Å². The number of carbonyl (C=O) groups is 1. The lowest BCUT2D eigenvalue weighted by atomic mass is 10.2. The molecule has 2 aromatic carbocycles. The first-order chi connectivity index (χ1) is 13.3. The van der Waals surface area contributed by atoms with Crippen molar-refractivity contribution < 1.29 is 13.2 Å². The zero-order valence-corrected chi connectivity index (χ0v) is 17.4. The van der Waals surface area contributed by atoms with Crippen LogP contribution in [0, 0.1) is 0 Å². The molecular weight excluding hydrogens is 394 g/mol. The number of benzene rings is 2. The number of nitrogens with one attached hydrogen (secondary N) is 1. The van der Waals surface area contributed by atoms with Crippen LogP contribution >= 0.6 is 11.3 Å². The van der Waals surface area contributed by atoms with E-state index in [-0.39, 0.29) is 22.4 Å². The van der Waals surface area contributed by atoms with Crippen molar-refractivity contribution in [2.75, 3.05) is 12.4 Å². The Morgan fingerprint density at radius 3 is 2.46 bits per heavy atom. The molecule has 1 amide bonds. The fraction of sp³-hybridized carbons (Fsp3) is 0.200. The number of nitrogens with zero attached hydrogens (tertiary/aromatic N) is 2. The Morgan fingerprint density at radius 2 is 1.86 bits per heavy atom. The van der Waals surface area contributed by atoms with Gasteiger partial charge in [-0.3, -0.25) is 4.79 Å². The lowest BCUT2D eigenvalue weighted by Crippen LogP contribution is -2.33. The zero-order valence-electron chi connectivity index (χ0n) is 15.8. The first-order valence-corrected chi connectivity index (χ1v) is 11.0. The highest BCUT2D eigenvalue weighted by molar-refractivity contribution is 7.89. The van der Waals surface area contributed by atoms with Crippen LogP contribution in [0.1, 0.15) is 24.2 Å². The van der Waals surface area contributed by atoms with Gasteiger partial charge in [-0.15, -0.1) is 11.3 Å². The van der Waals surface area contributed by atoms with Crippen LogP contribution in [0.15, 0.2) is 65.0 Å². The Balaban J connectivity index is 1.78. The predicted molar refractivity (Wildman–Crippen MR) is 112 cm³/mol. The highest BCUT2D eigenvalue weighted by Gasteiger charge is 2.23. The number of aromatic nitrogens is 1. The third kappa shape index (κ3) is 4.30. The van der Waals surface area contributed by atoms with E-state index in [4.69, 9.17) is 0 Å². The molecule has 0 aliphatic heterocycles. The fourth-order valence-corrected chi connectivity index (χ4v) is 4.57. The van der Waals surface area contributed by atoms with Crippen LogP contribution in [-0.4, -0.2) is 36.7 Å². The number of carbonyl (C=O) groups excluding carboxylic acids is 1. The number of sulfonamides is 1. The number of thiazole rings is 1. The first kappa shape index (κ1) is 20.2. The lowest BCUT2D eigenvalue weighted by Gasteiger charge is -2.21. The second kappa shape index (κ2) is 8.22. The minimum atomic E-state index is -3.65. The van der Waals surface area contributed by atoms with E-state index in [0.29, 0.717) is 5.69 Å². The van der Waals surface area contributed by atoms with E-state index in [1.165, 1.54) is 23.5 Å². The summed E-state index contributed by atoms with van der Waals surface area (Å²) >= 11 is 1.54. The maximum Gasteiger partial charge on any atom is 0.255 e. The molecule has 0 radical (unpaired) electrons. The van der Waals surface area contributed by atoms with Crippen molar-refractivity contribution in [2.45, 2.75) is 24.8 Å². The van der Waals surface area contributed by atoms with Crippen LogP contribution in [-0.2, 0) is 10.0 Å². The normalized spacial score (nSPS) is 11.8. The van der Waals surface area contributed by atoms with E-state index in [9.17, 15) is 13.2 Å². The number of rotatable bonds is 6. The lowest BCUT2D eigenvalue weighted by molar-refractivity contribution is 0.102. The topological polar surface area (TPSA) is 79.4 Å². The van der Waals surface area contributed by atoms with Crippen molar-refractivity contribution in [2.24, 2.45) is 0 Å². The molecule has 146 valence electrons. The quantitative estimate of drug-likeness (QED) is 0.658. The minimum absolute atomic E-state index is 0.0930. The van der Waals surface area contributed by atoms with Gasteiger partial charge in [0.2, 0.25) is 10.0 Å². The monoisotopic (exact) mass is 415 g/mol. The van der Waals surface area contributed by atoms with Gasteiger partial charge in [0, 0.05) is 41.5 Å². The van der Waals surface area contributed by atoms with Crippen LogP contribution in [0.25, 0.3) is 10.6 Å². The number of amides is 1. The molecule has 1 heterocycles. The zero-order chi connectivity index (χ0) is 20.3. The van der Waals surface area contributed by atoms with E-state index in [0.717, 1.165) is 10.6 Å². The molecule has 1 N–H and O–H groups in total. The Hall–Kier alpha value is -2.55. The molecule has 0 fully saturated rings. The molecule has 0 aliphatic rings. The number of hydrogen-bond donors (Lipinski definition) is 1. The molecule has 1 aromatic heterocycles. The predicted octanol–water partition coefficient (Wildman–Crippen LogP) is 4.09. The smallest absolute Gasteiger partial charge is 0.255 e. The van der Waals surface area contributed by atoms with Gasteiger partial charge in [0.05, 0.1) is 4.90 Å². The molecule has 0 atom stereocenters. The summed E-state index contributed by atoms with van der Waals surface area (Å²) in [5.41, 5.74) is 1.87. The van der Waals surface area contributed by atoms with Gasteiger partial charge in [0.25, 0.3) is 5.91 Å². The van der Waals surface area contributed by atoms with Gasteiger partial charge in [-0.05, 0) is 56.3 Å². The fourth-order valence-electron chi connectivity index (χ4n) is 2.51. The molecule has 0 saturated carbocycles. The van der Waals surface area contributed by atoms with Gasteiger partial charge in [-0.25, -0.2) is 13.4 Å². The van der Waals surface area contributed by atoms with Gasteiger partial charge >= 0.3 is 0 Å². The summed E-state index contributed by atoms with van der Waals surface area (Å²) in [5, 5.41) is 5.61. The van der Waals surface area contributed by atoms with Crippen LogP contribution in [0.5, 0.6) is 0 Å². The van der Waals surface area contributed by atoms with E-state index < -0.39 is 10.0 Å². The average Bonchev–Trinajstić information content (AvgIpc) is 3.22. The molecule has 3 aromatic rings. The highest BCUT2D eigenvalue weighted by atomic mass is 32.2. The van der Waals surface area contributed by atoms with Crippen LogP contribution in [0.4, 0.5) is 5.69 Å². The summed E-state index contributed by atoms with van der Waals surface area (Å²) in [5.74, 6) is -0.369.